The molecule has 2 aromatic rings. The fourth-order valence-electron chi connectivity index (χ4n) is 3.65. The van der Waals surface area contributed by atoms with Gasteiger partial charge in [-0.05, 0) is 90.1 Å². The third-order valence-corrected chi connectivity index (χ3v) is 5.31. The van der Waals surface area contributed by atoms with Gasteiger partial charge in [-0.15, -0.1) is 0 Å². The van der Waals surface area contributed by atoms with Gasteiger partial charge in [-0.2, -0.15) is 0 Å². The van der Waals surface area contributed by atoms with Crippen LogP contribution in [0, 0.1) is 0 Å². The van der Waals surface area contributed by atoms with Gasteiger partial charge < -0.3 is 29.3 Å². The third-order valence-electron chi connectivity index (χ3n) is 5.31. The van der Waals surface area contributed by atoms with Gasteiger partial charge in [0.2, 0.25) is 0 Å². The molecule has 2 aromatic carbocycles. The highest BCUT2D eigenvalue weighted by Crippen LogP contribution is 2.21. The number of hydrogen-bond acceptors (Lipinski definition) is 7. The number of esters is 1. The molecule has 0 aliphatic carbocycles. The van der Waals surface area contributed by atoms with Crippen LogP contribution >= 0.6 is 0 Å². The predicted molar refractivity (Wildman–Crippen MR) is 142 cm³/mol. The summed E-state index contributed by atoms with van der Waals surface area (Å²) in [7, 11) is 0. The lowest BCUT2D eigenvalue weighted by Gasteiger charge is -2.36. The summed E-state index contributed by atoms with van der Waals surface area (Å²) in [5.41, 5.74) is 1.08. The van der Waals surface area contributed by atoms with Gasteiger partial charge in [0.15, 0.2) is 6.61 Å². The van der Waals surface area contributed by atoms with E-state index in [0.29, 0.717) is 43.2 Å². The summed E-state index contributed by atoms with van der Waals surface area (Å²) >= 11 is 0. The lowest BCUT2D eigenvalue weighted by Crippen LogP contribution is -2.50. The number of rotatable bonds is 6. The molecule has 3 rings (SSSR count). The molecule has 0 saturated carbocycles. The molecule has 1 aliphatic heterocycles. The number of nitrogens with zero attached hydrogens (tertiary/aromatic N) is 2. The zero-order valence-electron chi connectivity index (χ0n) is 22.5. The molecule has 2 amide bonds. The monoisotopic (exact) mass is 511 g/mol. The van der Waals surface area contributed by atoms with Crippen molar-refractivity contribution < 1.29 is 28.6 Å². The standard InChI is InChI=1S/C28H37N3O6/c1-27(2,3)36-24(32)19-35-23-13-7-20(8-14-23)25(33)29-21-9-11-22(12-10-21)30-15-17-31(18-16-30)26(34)37-28(4,5)6/h7-14H,15-19H2,1-6H3,(H,29,33). The summed E-state index contributed by atoms with van der Waals surface area (Å²) in [5.74, 6) is -0.237. The number of benzene rings is 2. The minimum Gasteiger partial charge on any atom is -0.482 e. The van der Waals surface area contributed by atoms with Crippen LogP contribution in [-0.2, 0) is 14.3 Å². The first-order valence-corrected chi connectivity index (χ1v) is 12.4. The molecule has 0 radical (unpaired) electrons. The van der Waals surface area contributed by atoms with Gasteiger partial charge in [0.05, 0.1) is 0 Å². The molecule has 1 N–H and O–H groups in total. The summed E-state index contributed by atoms with van der Waals surface area (Å²) < 4.78 is 16.1. The van der Waals surface area contributed by atoms with Crippen LogP contribution in [0.4, 0.5) is 16.2 Å². The second-order valence-electron chi connectivity index (χ2n) is 10.9. The van der Waals surface area contributed by atoms with E-state index in [9.17, 15) is 14.4 Å². The molecule has 9 nitrogen and oxygen atoms in total. The average Bonchev–Trinajstić information content (AvgIpc) is 2.81. The maximum atomic E-state index is 12.6. The van der Waals surface area contributed by atoms with E-state index in [2.05, 4.69) is 10.2 Å². The number of nitrogens with one attached hydrogen (secondary N) is 1. The molecular formula is C28H37N3O6. The molecule has 0 atom stereocenters. The summed E-state index contributed by atoms with van der Waals surface area (Å²) in [6.07, 6.45) is -0.284. The van der Waals surface area contributed by atoms with Gasteiger partial charge in [-0.1, -0.05) is 0 Å². The van der Waals surface area contributed by atoms with E-state index < -0.39 is 17.2 Å². The summed E-state index contributed by atoms with van der Waals surface area (Å²) in [6, 6.07) is 14.2. The molecule has 37 heavy (non-hydrogen) atoms. The molecule has 9 heteroatoms. The maximum absolute atomic E-state index is 12.6. The van der Waals surface area contributed by atoms with Crippen LogP contribution in [0.3, 0.4) is 0 Å². The van der Waals surface area contributed by atoms with Crippen molar-refractivity contribution >= 4 is 29.3 Å². The van der Waals surface area contributed by atoms with Crippen molar-refractivity contribution in [1.82, 2.24) is 4.90 Å². The minimum atomic E-state index is -0.572. The Morgan fingerprint density at radius 1 is 0.784 bits per heavy atom. The second-order valence-corrected chi connectivity index (χ2v) is 10.9. The van der Waals surface area contributed by atoms with Crippen molar-refractivity contribution in [3.63, 3.8) is 0 Å². The molecule has 1 heterocycles. The van der Waals surface area contributed by atoms with Crippen LogP contribution in [0.2, 0.25) is 0 Å². The Hall–Kier alpha value is -3.75. The Kier molecular flexibility index (Phi) is 8.68. The lowest BCUT2D eigenvalue weighted by molar-refractivity contribution is -0.157. The Balaban J connectivity index is 1.47. The first-order valence-electron chi connectivity index (χ1n) is 12.4. The Morgan fingerprint density at radius 3 is 1.89 bits per heavy atom. The predicted octanol–water partition coefficient (Wildman–Crippen LogP) is 4.72. The fraction of sp³-hybridized carbons (Fsp3) is 0.464. The number of amides is 2. The van der Waals surface area contributed by atoms with Gasteiger partial charge >= 0.3 is 12.1 Å². The van der Waals surface area contributed by atoms with Gasteiger partial charge in [-0.25, -0.2) is 9.59 Å². The average molecular weight is 512 g/mol. The van der Waals surface area contributed by atoms with Crippen molar-refractivity contribution in [1.29, 1.82) is 0 Å². The zero-order valence-corrected chi connectivity index (χ0v) is 22.5. The Morgan fingerprint density at radius 2 is 1.35 bits per heavy atom. The Labute approximate surface area is 218 Å². The minimum absolute atomic E-state index is 0.203. The quantitative estimate of drug-likeness (QED) is 0.561. The van der Waals surface area contributed by atoms with Gasteiger partial charge in [-0.3, -0.25) is 4.79 Å². The van der Waals surface area contributed by atoms with Crippen LogP contribution in [0.1, 0.15) is 51.9 Å². The molecule has 1 aliphatic rings. The fourth-order valence-corrected chi connectivity index (χ4v) is 3.65. The van der Waals surface area contributed by atoms with Crippen molar-refractivity contribution in [2.75, 3.05) is 43.0 Å². The largest absolute Gasteiger partial charge is 0.482 e. The smallest absolute Gasteiger partial charge is 0.410 e. The molecular weight excluding hydrogens is 474 g/mol. The molecule has 0 bridgehead atoms. The normalized spacial score (nSPS) is 14.1. The van der Waals surface area contributed by atoms with Crippen LogP contribution < -0.4 is 15.0 Å². The number of piperazine rings is 1. The zero-order chi connectivity index (χ0) is 27.2. The van der Waals surface area contributed by atoms with Crippen molar-refractivity contribution in [3.8, 4) is 5.75 Å². The SMILES string of the molecule is CC(C)(C)OC(=O)COc1ccc(C(=O)Nc2ccc(N3CCN(C(=O)OC(C)(C)C)CC3)cc2)cc1. The van der Waals surface area contributed by atoms with Gasteiger partial charge in [0, 0.05) is 43.1 Å². The first kappa shape index (κ1) is 27.8. The van der Waals surface area contributed by atoms with Crippen molar-refractivity contribution in [3.05, 3.63) is 54.1 Å². The van der Waals surface area contributed by atoms with Crippen molar-refractivity contribution in [2.24, 2.45) is 0 Å². The third kappa shape index (κ3) is 9.00. The molecule has 200 valence electrons. The van der Waals surface area contributed by atoms with Gasteiger partial charge in [0.25, 0.3) is 5.91 Å². The second kappa shape index (κ2) is 11.5. The first-order chi connectivity index (χ1) is 17.3. The maximum Gasteiger partial charge on any atom is 0.410 e. The Bertz CT molecular complexity index is 1080. The number of anilines is 2. The van der Waals surface area contributed by atoms with Crippen LogP contribution in [0.25, 0.3) is 0 Å². The summed E-state index contributed by atoms with van der Waals surface area (Å²) in [6.45, 7) is 13.3. The molecule has 0 spiro atoms. The van der Waals surface area contributed by atoms with Crippen molar-refractivity contribution in [2.45, 2.75) is 52.7 Å². The van der Waals surface area contributed by atoms with E-state index in [-0.39, 0.29) is 18.6 Å². The lowest BCUT2D eigenvalue weighted by atomic mass is 10.2. The number of carbonyl (C=O) groups is 3. The van der Waals surface area contributed by atoms with Gasteiger partial charge in [0.1, 0.15) is 17.0 Å². The number of ether oxygens (including phenoxy) is 3. The highest BCUT2D eigenvalue weighted by Gasteiger charge is 2.26. The highest BCUT2D eigenvalue weighted by molar-refractivity contribution is 6.04. The van der Waals surface area contributed by atoms with Crippen LogP contribution in [0.5, 0.6) is 5.75 Å². The molecule has 1 fully saturated rings. The van der Waals surface area contributed by atoms with E-state index in [1.165, 1.54) is 0 Å². The van der Waals surface area contributed by atoms with Crippen LogP contribution in [-0.4, -0.2) is 66.9 Å². The molecule has 0 aromatic heterocycles. The van der Waals surface area contributed by atoms with E-state index in [1.807, 2.05) is 45.0 Å². The summed E-state index contributed by atoms with van der Waals surface area (Å²) in [4.78, 5) is 40.6. The molecule has 1 saturated heterocycles. The van der Waals surface area contributed by atoms with Crippen LogP contribution in [0.15, 0.2) is 48.5 Å². The molecule has 0 unspecified atom stereocenters. The van der Waals surface area contributed by atoms with E-state index in [0.717, 1.165) is 5.69 Å². The highest BCUT2D eigenvalue weighted by atomic mass is 16.6. The number of hydrogen-bond donors (Lipinski definition) is 1. The summed E-state index contributed by atoms with van der Waals surface area (Å²) in [5, 5.41) is 2.89. The van der Waals surface area contributed by atoms with E-state index in [4.69, 9.17) is 14.2 Å². The number of carbonyl (C=O) groups excluding carboxylic acids is 3. The van der Waals surface area contributed by atoms with E-state index >= 15 is 0 Å². The van der Waals surface area contributed by atoms with E-state index in [1.54, 1.807) is 49.9 Å². The topological polar surface area (TPSA) is 97.4 Å².